The molecule has 0 nitrogen and oxygen atoms in total. The van der Waals surface area contributed by atoms with Gasteiger partial charge in [0.2, 0.25) is 0 Å². The Balaban J connectivity index is -0.000000000833. The van der Waals surface area contributed by atoms with Crippen molar-refractivity contribution in [2.24, 2.45) is 0 Å². The fourth-order valence-electron chi connectivity index (χ4n) is 0. The van der Waals surface area contributed by atoms with E-state index < -0.39 is 0 Å². The van der Waals surface area contributed by atoms with Crippen molar-refractivity contribution >= 4 is 40.0 Å². The van der Waals surface area contributed by atoms with E-state index in [0.29, 0.717) is 0 Å². The van der Waals surface area contributed by atoms with Crippen LogP contribution in [0.15, 0.2) is 0 Å². The maximum atomic E-state index is 2.00. The molecule has 0 saturated heterocycles. The molecule has 0 N–H and O–H groups in total. The van der Waals surface area contributed by atoms with Gasteiger partial charge < -0.3 is 2.85 Å². The van der Waals surface area contributed by atoms with Crippen molar-refractivity contribution in [2.75, 3.05) is 0 Å². The van der Waals surface area contributed by atoms with E-state index >= 15 is 0 Å². The minimum Gasteiger partial charge on any atom is -1.00 e. The number of halogens is 1. The Morgan fingerprint density at radius 1 is 1.25 bits per heavy atom. The Kier molecular flexibility index (Phi) is 135. The summed E-state index contributed by atoms with van der Waals surface area (Å²) >= 11 is 0. The van der Waals surface area contributed by atoms with E-state index in [-0.39, 0.29) is 42.9 Å². The summed E-state index contributed by atoms with van der Waals surface area (Å²) in [5, 5.41) is 0. The van der Waals surface area contributed by atoms with E-state index in [2.05, 4.69) is 0 Å². The fourth-order valence-corrected chi connectivity index (χ4v) is 0. The molecule has 0 unspecified atom stereocenters. The Hall–Kier alpha value is 1.25. The second-order valence-electron chi connectivity index (χ2n) is 0. The van der Waals surface area contributed by atoms with Crippen molar-refractivity contribution < 1.29 is 2.85 Å². The molecule has 2 heteroatoms. The largest absolute Gasteiger partial charge is 2.00 e. The molecule has 0 amide bonds. The molecule has 4 heavy (non-hydrogen) atoms. The van der Waals surface area contributed by atoms with Crippen LogP contribution in [0.25, 0.3) is 0 Å². The van der Waals surface area contributed by atoms with Crippen molar-refractivity contribution in [2.45, 2.75) is 13.8 Å². The summed E-state index contributed by atoms with van der Waals surface area (Å²) in [7, 11) is 0. The molecule has 26 valence electrons. The Morgan fingerprint density at radius 3 is 1.25 bits per heavy atom. The van der Waals surface area contributed by atoms with E-state index in [1.807, 2.05) is 13.8 Å². The van der Waals surface area contributed by atoms with E-state index in [9.17, 15) is 0 Å². The van der Waals surface area contributed by atoms with Crippen molar-refractivity contribution in [3.8, 4) is 0 Å². The van der Waals surface area contributed by atoms with Gasteiger partial charge in [-0.15, -0.1) is 17.0 Å². The molecule has 0 aliphatic carbocycles. The summed E-state index contributed by atoms with van der Waals surface area (Å²) < 4.78 is 0. The van der Waals surface area contributed by atoms with Gasteiger partial charge in [0, 0.05) is 0 Å². The van der Waals surface area contributed by atoms with Gasteiger partial charge in [-0.05, 0) is 0 Å². The van der Waals surface area contributed by atoms with Gasteiger partial charge in [-0.2, -0.15) is 0 Å². The quantitative estimate of drug-likeness (QED) is 0.443. The average molecular weight is 137 g/mol. The predicted octanol–water partition coefficient (Wildman–Crippen LogP) is 1.45. The van der Waals surface area contributed by atoms with Gasteiger partial charge in [0.25, 0.3) is 0 Å². The molecule has 0 aliphatic heterocycles. The van der Waals surface area contributed by atoms with E-state index in [0.717, 1.165) is 0 Å². The zero-order chi connectivity index (χ0) is 2.00. The van der Waals surface area contributed by atoms with Crippen LogP contribution in [0.2, 0.25) is 0 Å². The van der Waals surface area contributed by atoms with Crippen LogP contribution in [0.3, 0.4) is 0 Å². The number of rotatable bonds is 0. The second kappa shape index (κ2) is 28.8. The molecule has 0 atom stereocenters. The summed E-state index contributed by atoms with van der Waals surface area (Å²) in [5.41, 5.74) is 0. The topological polar surface area (TPSA) is 0 Å². The number of hydrogen-bond acceptors (Lipinski definition) is 0. The molecule has 0 bridgehead atoms. The smallest absolute Gasteiger partial charge is 1.00 e. The fraction of sp³-hybridized carbons (Fsp3) is 1.00. The third-order valence-electron chi connectivity index (χ3n) is 0. The van der Waals surface area contributed by atoms with Gasteiger partial charge in [0.15, 0.2) is 0 Å². The van der Waals surface area contributed by atoms with Gasteiger partial charge >= 0.3 is 23.1 Å². The van der Waals surface area contributed by atoms with Crippen molar-refractivity contribution in [3.05, 3.63) is 0 Å². The first kappa shape index (κ1) is 18.7. The first-order chi connectivity index (χ1) is 1.00. The van der Waals surface area contributed by atoms with E-state index in [4.69, 9.17) is 0 Å². The molecular weight excluding hydrogens is 128 g/mol. The van der Waals surface area contributed by atoms with E-state index in [1.165, 1.54) is 0 Å². The van der Waals surface area contributed by atoms with Crippen molar-refractivity contribution in [3.63, 3.8) is 0 Å². The molecule has 0 aliphatic rings. The molecule has 0 aromatic rings. The van der Waals surface area contributed by atoms with Gasteiger partial charge in [-0.25, -0.2) is 0 Å². The molecule has 0 aromatic heterocycles. The summed E-state index contributed by atoms with van der Waals surface area (Å²) in [6.07, 6.45) is 0. The molecule has 0 heterocycles. The minimum atomic E-state index is 0. The predicted molar refractivity (Wildman–Crippen MR) is 29.6 cm³/mol. The maximum absolute atomic E-state index is 2.00. The SMILES string of the molecule is Br.CC.[H-].[H-].[Mg+2]. The molecule has 0 rings (SSSR count). The van der Waals surface area contributed by atoms with Crippen molar-refractivity contribution in [1.82, 2.24) is 0 Å². The van der Waals surface area contributed by atoms with Gasteiger partial charge in [-0.3, -0.25) is 0 Å². The standard InChI is InChI=1S/C2H6.BrH.Mg.2H/c1-2;;;;/h1-2H3;1H;;;/q;;+2;2*-1. The van der Waals surface area contributed by atoms with Crippen LogP contribution < -0.4 is 0 Å². The van der Waals surface area contributed by atoms with Gasteiger partial charge in [0.1, 0.15) is 0 Å². The van der Waals surface area contributed by atoms with Crippen LogP contribution >= 0.6 is 17.0 Å². The summed E-state index contributed by atoms with van der Waals surface area (Å²) in [6.45, 7) is 4.00. The van der Waals surface area contributed by atoms with Crippen LogP contribution in [0.1, 0.15) is 16.7 Å². The normalized spacial score (nSPS) is 1.50. The summed E-state index contributed by atoms with van der Waals surface area (Å²) in [5.74, 6) is 0. The first-order valence-electron chi connectivity index (χ1n) is 1.00. The molecular formula is C2H9BrMg. The van der Waals surface area contributed by atoms with Gasteiger partial charge in [-0.1, -0.05) is 13.8 Å². The van der Waals surface area contributed by atoms with E-state index in [1.54, 1.807) is 0 Å². The second-order valence-corrected chi connectivity index (χ2v) is 0. The van der Waals surface area contributed by atoms with Crippen LogP contribution in [-0.2, 0) is 0 Å². The molecule has 0 radical (unpaired) electrons. The van der Waals surface area contributed by atoms with Crippen molar-refractivity contribution in [1.29, 1.82) is 0 Å². The Labute approximate surface area is 56.9 Å². The zero-order valence-corrected chi connectivity index (χ0v) is 6.24. The average Bonchev–Trinajstić information content (AvgIpc) is 1.00. The van der Waals surface area contributed by atoms with Crippen LogP contribution in [0.5, 0.6) is 0 Å². The maximum Gasteiger partial charge on any atom is 2.00 e. The zero-order valence-electron chi connectivity index (χ0n) is 5.12. The molecule has 0 aromatic carbocycles. The monoisotopic (exact) mass is 136 g/mol. The van der Waals surface area contributed by atoms with Crippen LogP contribution in [0.4, 0.5) is 0 Å². The first-order valence-corrected chi connectivity index (χ1v) is 1.00. The molecule has 0 spiro atoms. The Morgan fingerprint density at radius 2 is 1.25 bits per heavy atom. The third-order valence-corrected chi connectivity index (χ3v) is 0. The number of hydrogen-bond donors (Lipinski definition) is 0. The molecule has 0 fully saturated rings. The minimum absolute atomic E-state index is 0. The summed E-state index contributed by atoms with van der Waals surface area (Å²) in [4.78, 5) is 0. The van der Waals surface area contributed by atoms with Crippen LogP contribution in [0, 0.1) is 0 Å². The molecule has 0 saturated carbocycles. The third kappa shape index (κ3) is 10.5. The summed E-state index contributed by atoms with van der Waals surface area (Å²) in [6, 6.07) is 0. The van der Waals surface area contributed by atoms with Crippen LogP contribution in [-0.4, -0.2) is 23.1 Å². The Bertz CT molecular complexity index is 11.5. The van der Waals surface area contributed by atoms with Gasteiger partial charge in [0.05, 0.1) is 0 Å².